The van der Waals surface area contributed by atoms with Gasteiger partial charge < -0.3 is 9.47 Å². The topological polar surface area (TPSA) is 18.5 Å². The quantitative estimate of drug-likeness (QED) is 0.672. The van der Waals surface area contributed by atoms with E-state index in [1.807, 2.05) is 6.07 Å². The molecule has 0 amide bonds. The molecule has 0 radical (unpaired) electrons. The number of rotatable bonds is 7. The third kappa shape index (κ3) is 4.92. The molecule has 18 heavy (non-hydrogen) atoms. The molecule has 0 aliphatic rings. The van der Waals surface area contributed by atoms with Crippen molar-refractivity contribution in [3.05, 3.63) is 35.4 Å². The number of hydrogen-bond acceptors (Lipinski definition) is 2. The lowest BCUT2D eigenvalue weighted by Gasteiger charge is -2.07. The Balaban J connectivity index is 2.48. The van der Waals surface area contributed by atoms with E-state index in [-0.39, 0.29) is 0 Å². The van der Waals surface area contributed by atoms with Crippen LogP contribution in [0.2, 0.25) is 0 Å². The fourth-order valence-corrected chi connectivity index (χ4v) is 1.84. The standard InChI is InChI=1S/C16H24O2/c1-13-10-11-16(18-4)15(12-13)9-7-5-6-8-14(2)17-3/h7,9-12,14H,5-6,8H2,1-4H3/b9-7+/t14-/m1/s1. The Labute approximate surface area is 111 Å². The van der Waals surface area contributed by atoms with Gasteiger partial charge in [0.25, 0.3) is 0 Å². The van der Waals surface area contributed by atoms with E-state index < -0.39 is 0 Å². The van der Waals surface area contributed by atoms with Gasteiger partial charge in [0.15, 0.2) is 0 Å². The number of hydrogen-bond donors (Lipinski definition) is 0. The molecule has 0 N–H and O–H groups in total. The lowest BCUT2D eigenvalue weighted by molar-refractivity contribution is 0.109. The van der Waals surface area contributed by atoms with Crippen molar-refractivity contribution in [1.82, 2.24) is 0 Å². The van der Waals surface area contributed by atoms with Crippen LogP contribution in [0.5, 0.6) is 5.75 Å². The minimum atomic E-state index is 0.354. The van der Waals surface area contributed by atoms with E-state index in [2.05, 4.69) is 38.1 Å². The molecule has 0 saturated carbocycles. The predicted molar refractivity (Wildman–Crippen MR) is 77.1 cm³/mol. The van der Waals surface area contributed by atoms with E-state index in [9.17, 15) is 0 Å². The molecular formula is C16H24O2. The molecular weight excluding hydrogens is 224 g/mol. The Bertz CT molecular complexity index is 383. The highest BCUT2D eigenvalue weighted by molar-refractivity contribution is 5.58. The summed E-state index contributed by atoms with van der Waals surface area (Å²) in [4.78, 5) is 0. The zero-order valence-electron chi connectivity index (χ0n) is 11.9. The first-order valence-electron chi connectivity index (χ1n) is 6.51. The van der Waals surface area contributed by atoms with E-state index in [1.165, 1.54) is 5.56 Å². The van der Waals surface area contributed by atoms with Crippen LogP contribution in [0.4, 0.5) is 0 Å². The SMILES string of the molecule is COc1ccc(C)cc1/C=C/CCC[C@@H](C)OC. The van der Waals surface area contributed by atoms with Gasteiger partial charge in [-0.1, -0.05) is 23.8 Å². The van der Waals surface area contributed by atoms with Crippen LogP contribution < -0.4 is 4.74 Å². The predicted octanol–water partition coefficient (Wildman–Crippen LogP) is 4.22. The number of methoxy groups -OCH3 is 2. The molecule has 0 heterocycles. The highest BCUT2D eigenvalue weighted by Crippen LogP contribution is 2.21. The molecule has 0 aliphatic heterocycles. The summed E-state index contributed by atoms with van der Waals surface area (Å²) in [7, 11) is 3.47. The molecule has 0 fully saturated rings. The van der Waals surface area contributed by atoms with Crippen molar-refractivity contribution >= 4 is 6.08 Å². The van der Waals surface area contributed by atoms with Gasteiger partial charge in [-0.25, -0.2) is 0 Å². The molecule has 1 rings (SSSR count). The van der Waals surface area contributed by atoms with Crippen LogP contribution in [0.3, 0.4) is 0 Å². The largest absolute Gasteiger partial charge is 0.496 e. The van der Waals surface area contributed by atoms with Gasteiger partial charge in [-0.3, -0.25) is 0 Å². The van der Waals surface area contributed by atoms with E-state index in [0.717, 1.165) is 30.6 Å². The van der Waals surface area contributed by atoms with Crippen molar-refractivity contribution in [1.29, 1.82) is 0 Å². The van der Waals surface area contributed by atoms with Crippen LogP contribution in [0.1, 0.15) is 37.3 Å². The first-order chi connectivity index (χ1) is 8.67. The lowest BCUT2D eigenvalue weighted by atomic mass is 10.1. The van der Waals surface area contributed by atoms with Crippen LogP contribution in [-0.2, 0) is 4.74 Å². The molecule has 1 aromatic carbocycles. The Morgan fingerprint density at radius 3 is 2.72 bits per heavy atom. The number of unbranched alkanes of at least 4 members (excludes halogenated alkanes) is 1. The van der Waals surface area contributed by atoms with Crippen LogP contribution in [0, 0.1) is 6.92 Å². The summed E-state index contributed by atoms with van der Waals surface area (Å²) in [5.41, 5.74) is 2.40. The Morgan fingerprint density at radius 2 is 2.06 bits per heavy atom. The van der Waals surface area contributed by atoms with E-state index >= 15 is 0 Å². The summed E-state index contributed by atoms with van der Waals surface area (Å²) in [6, 6.07) is 6.23. The summed E-state index contributed by atoms with van der Waals surface area (Å²) in [6.45, 7) is 4.20. The second kappa shape index (κ2) is 7.93. The van der Waals surface area contributed by atoms with Crippen molar-refractivity contribution in [2.45, 2.75) is 39.2 Å². The molecule has 0 unspecified atom stereocenters. The van der Waals surface area contributed by atoms with Gasteiger partial charge >= 0.3 is 0 Å². The molecule has 0 aromatic heterocycles. The maximum absolute atomic E-state index is 5.34. The fourth-order valence-electron chi connectivity index (χ4n) is 1.84. The lowest BCUT2D eigenvalue weighted by Crippen LogP contribution is -2.03. The first-order valence-corrected chi connectivity index (χ1v) is 6.51. The van der Waals surface area contributed by atoms with Gasteiger partial charge in [0.1, 0.15) is 5.75 Å². The number of allylic oxidation sites excluding steroid dienone is 1. The Morgan fingerprint density at radius 1 is 1.28 bits per heavy atom. The average Bonchev–Trinajstić information content (AvgIpc) is 2.38. The third-order valence-corrected chi connectivity index (χ3v) is 3.07. The summed E-state index contributed by atoms with van der Waals surface area (Å²) in [5.74, 6) is 0.933. The van der Waals surface area contributed by atoms with Gasteiger partial charge in [0.2, 0.25) is 0 Å². The maximum atomic E-state index is 5.34. The van der Waals surface area contributed by atoms with Gasteiger partial charge in [0, 0.05) is 12.7 Å². The van der Waals surface area contributed by atoms with Crippen molar-refractivity contribution in [2.75, 3.05) is 14.2 Å². The molecule has 1 aromatic rings. The zero-order chi connectivity index (χ0) is 13.4. The molecule has 1 atom stereocenters. The average molecular weight is 248 g/mol. The molecule has 0 spiro atoms. The van der Waals surface area contributed by atoms with E-state index in [0.29, 0.717) is 6.10 Å². The normalized spacial score (nSPS) is 12.9. The smallest absolute Gasteiger partial charge is 0.126 e. The monoisotopic (exact) mass is 248 g/mol. The summed E-state index contributed by atoms with van der Waals surface area (Å²) < 4.78 is 10.6. The molecule has 2 heteroatoms. The van der Waals surface area contributed by atoms with E-state index in [4.69, 9.17) is 9.47 Å². The summed E-state index contributed by atoms with van der Waals surface area (Å²) in [5, 5.41) is 0. The van der Waals surface area contributed by atoms with Gasteiger partial charge in [-0.2, -0.15) is 0 Å². The minimum absolute atomic E-state index is 0.354. The number of aryl methyl sites for hydroxylation is 1. The molecule has 0 bridgehead atoms. The van der Waals surface area contributed by atoms with Gasteiger partial charge in [-0.05, 0) is 45.2 Å². The van der Waals surface area contributed by atoms with Crippen molar-refractivity contribution in [2.24, 2.45) is 0 Å². The molecule has 0 saturated heterocycles. The Hall–Kier alpha value is -1.28. The zero-order valence-corrected chi connectivity index (χ0v) is 11.9. The van der Waals surface area contributed by atoms with Crippen LogP contribution in [0.15, 0.2) is 24.3 Å². The van der Waals surface area contributed by atoms with Crippen LogP contribution >= 0.6 is 0 Å². The fraction of sp³-hybridized carbons (Fsp3) is 0.500. The van der Waals surface area contributed by atoms with E-state index in [1.54, 1.807) is 14.2 Å². The highest BCUT2D eigenvalue weighted by atomic mass is 16.5. The third-order valence-electron chi connectivity index (χ3n) is 3.07. The second-order valence-electron chi connectivity index (χ2n) is 4.62. The molecule has 100 valence electrons. The Kier molecular flexibility index (Phi) is 6.51. The van der Waals surface area contributed by atoms with Gasteiger partial charge in [-0.15, -0.1) is 0 Å². The second-order valence-corrected chi connectivity index (χ2v) is 4.62. The number of benzene rings is 1. The number of ether oxygens (including phenoxy) is 2. The summed E-state index contributed by atoms with van der Waals surface area (Å²) >= 11 is 0. The molecule has 2 nitrogen and oxygen atoms in total. The first kappa shape index (κ1) is 14.8. The van der Waals surface area contributed by atoms with Gasteiger partial charge in [0.05, 0.1) is 13.2 Å². The summed E-state index contributed by atoms with van der Waals surface area (Å²) in [6.07, 6.45) is 8.03. The van der Waals surface area contributed by atoms with Crippen molar-refractivity contribution < 1.29 is 9.47 Å². The van der Waals surface area contributed by atoms with Crippen molar-refractivity contribution in [3.63, 3.8) is 0 Å². The van der Waals surface area contributed by atoms with Crippen molar-refractivity contribution in [3.8, 4) is 5.75 Å². The van der Waals surface area contributed by atoms with Crippen LogP contribution in [-0.4, -0.2) is 20.3 Å². The van der Waals surface area contributed by atoms with Crippen LogP contribution in [0.25, 0.3) is 6.08 Å². The molecule has 0 aliphatic carbocycles. The minimum Gasteiger partial charge on any atom is -0.496 e. The maximum Gasteiger partial charge on any atom is 0.126 e. The highest BCUT2D eigenvalue weighted by Gasteiger charge is 1.99.